The molecule has 18 heavy (non-hydrogen) atoms. The van der Waals surface area contributed by atoms with Crippen LogP contribution in [-0.2, 0) is 0 Å². The van der Waals surface area contributed by atoms with Crippen molar-refractivity contribution in [3.05, 3.63) is 22.8 Å². The average Bonchev–Trinajstić information content (AvgIpc) is 2.30. The van der Waals surface area contributed by atoms with Crippen molar-refractivity contribution in [2.75, 3.05) is 6.61 Å². The lowest BCUT2D eigenvalue weighted by atomic mass is 9.85. The molecule has 2 aliphatic carbocycles. The Balaban J connectivity index is 2.18. The van der Waals surface area contributed by atoms with Crippen molar-refractivity contribution in [2.24, 2.45) is 0 Å². The Labute approximate surface area is 112 Å². The molecule has 0 bridgehead atoms. The van der Waals surface area contributed by atoms with Gasteiger partial charge in [0, 0.05) is 0 Å². The van der Waals surface area contributed by atoms with E-state index in [4.69, 9.17) is 0 Å². The van der Waals surface area contributed by atoms with Crippen molar-refractivity contribution in [1.29, 1.82) is 0 Å². The van der Waals surface area contributed by atoms with E-state index in [9.17, 15) is 5.11 Å². The van der Waals surface area contributed by atoms with Crippen LogP contribution < -0.4 is 0 Å². The molecule has 2 aliphatic rings. The quantitative estimate of drug-likeness (QED) is 0.736. The number of rotatable bonds is 2. The van der Waals surface area contributed by atoms with Gasteiger partial charge in [-0.1, -0.05) is 31.8 Å². The number of aliphatic hydroxyl groups is 1. The van der Waals surface area contributed by atoms with Gasteiger partial charge < -0.3 is 5.11 Å². The van der Waals surface area contributed by atoms with E-state index in [1.54, 1.807) is 11.1 Å². The van der Waals surface area contributed by atoms with E-state index in [-0.39, 0.29) is 6.61 Å². The molecule has 0 heterocycles. The molecule has 0 radical (unpaired) electrons. The van der Waals surface area contributed by atoms with Crippen molar-refractivity contribution in [3.8, 4) is 0 Å². The highest BCUT2D eigenvalue weighted by Gasteiger charge is 2.14. The summed E-state index contributed by atoms with van der Waals surface area (Å²) in [7, 11) is 0. The van der Waals surface area contributed by atoms with Crippen LogP contribution in [0.15, 0.2) is 22.8 Å². The largest absolute Gasteiger partial charge is 0.392 e. The zero-order valence-electron chi connectivity index (χ0n) is 11.7. The second-order valence-corrected chi connectivity index (χ2v) is 5.84. The third kappa shape index (κ3) is 3.98. The summed E-state index contributed by atoms with van der Waals surface area (Å²) < 4.78 is 0. The monoisotopic (exact) mass is 248 g/mol. The van der Waals surface area contributed by atoms with Crippen LogP contribution in [0.1, 0.15) is 77.0 Å². The van der Waals surface area contributed by atoms with E-state index in [1.165, 1.54) is 76.2 Å². The van der Waals surface area contributed by atoms with Crippen LogP contribution in [0.3, 0.4) is 0 Å². The minimum atomic E-state index is 0.284. The number of hydrogen-bond acceptors (Lipinski definition) is 1. The molecule has 1 N–H and O–H groups in total. The first-order valence-corrected chi connectivity index (χ1v) is 7.93. The topological polar surface area (TPSA) is 20.2 Å². The zero-order chi connectivity index (χ0) is 12.6. The van der Waals surface area contributed by atoms with Crippen molar-refractivity contribution in [3.63, 3.8) is 0 Å². The Morgan fingerprint density at radius 1 is 0.778 bits per heavy atom. The zero-order valence-corrected chi connectivity index (χ0v) is 11.7. The fourth-order valence-corrected chi connectivity index (χ4v) is 3.35. The van der Waals surface area contributed by atoms with Gasteiger partial charge >= 0.3 is 0 Å². The number of aliphatic hydroxyl groups excluding tert-OH is 1. The molecule has 0 amide bonds. The number of hydrogen-bond donors (Lipinski definition) is 1. The molecule has 0 saturated carbocycles. The SMILES string of the molecule is OCC1=C(C2=CCCCCCC2)CCCCCC1. The molecular weight excluding hydrogens is 220 g/mol. The van der Waals surface area contributed by atoms with Crippen molar-refractivity contribution in [2.45, 2.75) is 77.0 Å². The minimum Gasteiger partial charge on any atom is -0.392 e. The van der Waals surface area contributed by atoms with Crippen molar-refractivity contribution >= 4 is 0 Å². The van der Waals surface area contributed by atoms with E-state index in [0.29, 0.717) is 0 Å². The first kappa shape index (κ1) is 13.9. The molecule has 0 saturated heterocycles. The maximum Gasteiger partial charge on any atom is 0.0647 e. The van der Waals surface area contributed by atoms with Crippen molar-refractivity contribution < 1.29 is 5.11 Å². The molecule has 0 fully saturated rings. The van der Waals surface area contributed by atoms with E-state index >= 15 is 0 Å². The smallest absolute Gasteiger partial charge is 0.0647 e. The van der Waals surface area contributed by atoms with E-state index < -0.39 is 0 Å². The van der Waals surface area contributed by atoms with E-state index in [1.807, 2.05) is 0 Å². The molecule has 0 spiro atoms. The lowest BCUT2D eigenvalue weighted by molar-refractivity contribution is 0.322. The third-order valence-electron chi connectivity index (χ3n) is 4.45. The molecular formula is C17H28O. The molecule has 0 aromatic heterocycles. The summed E-state index contributed by atoms with van der Waals surface area (Å²) in [5.74, 6) is 0. The fourth-order valence-electron chi connectivity index (χ4n) is 3.35. The normalized spacial score (nSPS) is 23.7. The predicted octanol–water partition coefficient (Wildman–Crippen LogP) is 4.91. The summed E-state index contributed by atoms with van der Waals surface area (Å²) >= 11 is 0. The summed E-state index contributed by atoms with van der Waals surface area (Å²) in [6.07, 6.45) is 18.1. The molecule has 0 aromatic rings. The van der Waals surface area contributed by atoms with Gasteiger partial charge in [-0.3, -0.25) is 0 Å². The molecule has 1 nitrogen and oxygen atoms in total. The highest BCUT2D eigenvalue weighted by atomic mass is 16.3. The Hall–Kier alpha value is -0.560. The van der Waals surface area contributed by atoms with Gasteiger partial charge in [-0.25, -0.2) is 0 Å². The summed E-state index contributed by atoms with van der Waals surface area (Å²) in [6, 6.07) is 0. The standard InChI is InChI=1S/C17H28O/c18-14-16-12-8-4-5-9-13-17(16)15-10-6-2-1-3-7-11-15/h10,18H,1-9,11-14H2. The highest BCUT2D eigenvalue weighted by Crippen LogP contribution is 2.32. The Kier molecular flexibility index (Phi) is 5.99. The second-order valence-electron chi connectivity index (χ2n) is 5.84. The van der Waals surface area contributed by atoms with Gasteiger partial charge in [-0.05, 0) is 68.1 Å². The van der Waals surface area contributed by atoms with Gasteiger partial charge in [0.1, 0.15) is 0 Å². The van der Waals surface area contributed by atoms with E-state index in [0.717, 1.165) is 6.42 Å². The molecule has 0 aliphatic heterocycles. The van der Waals surface area contributed by atoms with Gasteiger partial charge in [0.15, 0.2) is 0 Å². The fraction of sp³-hybridized carbons (Fsp3) is 0.765. The average molecular weight is 248 g/mol. The van der Waals surface area contributed by atoms with Gasteiger partial charge in [0.05, 0.1) is 6.61 Å². The Bertz CT molecular complexity index is 312. The predicted molar refractivity (Wildman–Crippen MR) is 77.6 cm³/mol. The first-order valence-electron chi connectivity index (χ1n) is 7.93. The summed E-state index contributed by atoms with van der Waals surface area (Å²) in [5, 5.41) is 9.65. The van der Waals surface area contributed by atoms with Crippen LogP contribution in [0.5, 0.6) is 0 Å². The molecule has 0 atom stereocenters. The molecule has 2 rings (SSSR count). The first-order chi connectivity index (χ1) is 8.92. The Morgan fingerprint density at radius 2 is 1.44 bits per heavy atom. The molecule has 1 heteroatoms. The van der Waals surface area contributed by atoms with Crippen LogP contribution in [0, 0.1) is 0 Å². The molecule has 0 aromatic carbocycles. The molecule has 0 unspecified atom stereocenters. The lowest BCUT2D eigenvalue weighted by Gasteiger charge is -2.21. The minimum absolute atomic E-state index is 0.284. The third-order valence-corrected chi connectivity index (χ3v) is 4.45. The maximum atomic E-state index is 9.65. The van der Waals surface area contributed by atoms with E-state index in [2.05, 4.69) is 6.08 Å². The summed E-state index contributed by atoms with van der Waals surface area (Å²) in [5.41, 5.74) is 4.47. The van der Waals surface area contributed by atoms with Crippen LogP contribution >= 0.6 is 0 Å². The van der Waals surface area contributed by atoms with Crippen molar-refractivity contribution in [1.82, 2.24) is 0 Å². The van der Waals surface area contributed by atoms with Gasteiger partial charge in [-0.15, -0.1) is 0 Å². The van der Waals surface area contributed by atoms with Crippen LogP contribution in [0.2, 0.25) is 0 Å². The lowest BCUT2D eigenvalue weighted by Crippen LogP contribution is -2.05. The van der Waals surface area contributed by atoms with Gasteiger partial charge in [-0.2, -0.15) is 0 Å². The van der Waals surface area contributed by atoms with Gasteiger partial charge in [0.2, 0.25) is 0 Å². The van der Waals surface area contributed by atoms with Crippen LogP contribution in [0.25, 0.3) is 0 Å². The van der Waals surface area contributed by atoms with Crippen LogP contribution in [0.4, 0.5) is 0 Å². The number of allylic oxidation sites excluding steroid dienone is 3. The van der Waals surface area contributed by atoms with Crippen LogP contribution in [-0.4, -0.2) is 11.7 Å². The summed E-state index contributed by atoms with van der Waals surface area (Å²) in [6.45, 7) is 0.284. The maximum absolute atomic E-state index is 9.65. The second kappa shape index (κ2) is 7.78. The van der Waals surface area contributed by atoms with Gasteiger partial charge in [0.25, 0.3) is 0 Å². The molecule has 102 valence electrons. The summed E-state index contributed by atoms with van der Waals surface area (Å²) in [4.78, 5) is 0. The Morgan fingerprint density at radius 3 is 2.22 bits per heavy atom. The highest BCUT2D eigenvalue weighted by molar-refractivity contribution is 5.36.